The molecule has 0 bridgehead atoms. The lowest BCUT2D eigenvalue weighted by molar-refractivity contribution is -0.137. The van der Waals surface area contributed by atoms with E-state index >= 15 is 0 Å². The maximum absolute atomic E-state index is 12.6. The van der Waals surface area contributed by atoms with E-state index in [-0.39, 0.29) is 12.6 Å². The Morgan fingerprint density at radius 1 is 1.00 bits per heavy atom. The Kier molecular flexibility index (Phi) is 5.49. The number of hydrogen-bond donors (Lipinski definition) is 1. The third kappa shape index (κ3) is 4.56. The van der Waals surface area contributed by atoms with E-state index < -0.39 is 11.7 Å². The van der Waals surface area contributed by atoms with Gasteiger partial charge < -0.3 is 10.2 Å². The summed E-state index contributed by atoms with van der Waals surface area (Å²) in [6, 6.07) is 15.0. The zero-order valence-corrected chi connectivity index (χ0v) is 14.3. The van der Waals surface area contributed by atoms with Crippen LogP contribution in [0.15, 0.2) is 54.6 Å². The first-order valence-corrected chi connectivity index (χ1v) is 8.67. The van der Waals surface area contributed by atoms with Gasteiger partial charge in [0.2, 0.25) is 0 Å². The van der Waals surface area contributed by atoms with Gasteiger partial charge in [0.15, 0.2) is 0 Å². The summed E-state index contributed by atoms with van der Waals surface area (Å²) in [4.78, 5) is 14.0. The molecule has 0 atom stereocenters. The second-order valence-corrected chi connectivity index (χ2v) is 6.53. The van der Waals surface area contributed by atoms with Crippen LogP contribution in [0.3, 0.4) is 0 Å². The number of amides is 2. The lowest BCUT2D eigenvalue weighted by Gasteiger charge is -2.32. The first kappa shape index (κ1) is 18.3. The Morgan fingerprint density at radius 2 is 1.62 bits per heavy atom. The fourth-order valence-corrected chi connectivity index (χ4v) is 3.24. The average molecular weight is 362 g/mol. The van der Waals surface area contributed by atoms with Gasteiger partial charge in [0.25, 0.3) is 0 Å². The average Bonchev–Trinajstić information content (AvgIpc) is 2.66. The molecule has 3 rings (SSSR count). The Balaban J connectivity index is 1.47. The van der Waals surface area contributed by atoms with Crippen molar-refractivity contribution in [2.45, 2.75) is 31.5 Å². The highest BCUT2D eigenvalue weighted by molar-refractivity contribution is 5.74. The minimum atomic E-state index is -4.34. The molecule has 1 saturated heterocycles. The van der Waals surface area contributed by atoms with Crippen LogP contribution in [-0.2, 0) is 12.7 Å². The monoisotopic (exact) mass is 362 g/mol. The second-order valence-electron chi connectivity index (χ2n) is 6.53. The predicted octanol–water partition coefficient (Wildman–Crippen LogP) is 4.79. The van der Waals surface area contributed by atoms with E-state index in [9.17, 15) is 18.0 Å². The van der Waals surface area contributed by atoms with Crippen LogP contribution in [0, 0.1) is 0 Å². The summed E-state index contributed by atoms with van der Waals surface area (Å²) in [5.74, 6) is 0.468. The summed E-state index contributed by atoms with van der Waals surface area (Å²) in [7, 11) is 0. The summed E-state index contributed by atoms with van der Waals surface area (Å²) in [6.45, 7) is 1.58. The topological polar surface area (TPSA) is 32.3 Å². The Bertz CT molecular complexity index is 721. The van der Waals surface area contributed by atoms with Crippen molar-refractivity contribution < 1.29 is 18.0 Å². The number of carbonyl (C=O) groups is 1. The van der Waals surface area contributed by atoms with E-state index in [4.69, 9.17) is 0 Å². The zero-order chi connectivity index (χ0) is 18.6. The maximum Gasteiger partial charge on any atom is 0.416 e. The number of hydrogen-bond acceptors (Lipinski definition) is 1. The Hall–Kier alpha value is -2.50. The van der Waals surface area contributed by atoms with Gasteiger partial charge in [-0.3, -0.25) is 0 Å². The van der Waals surface area contributed by atoms with Crippen molar-refractivity contribution in [3.63, 3.8) is 0 Å². The molecule has 0 radical (unpaired) electrons. The molecule has 3 nitrogen and oxygen atoms in total. The SMILES string of the molecule is O=C(NCc1ccc(C(F)(F)F)cc1)N1CCC(c2ccccc2)CC1. The zero-order valence-electron chi connectivity index (χ0n) is 14.3. The van der Waals surface area contributed by atoms with Gasteiger partial charge in [0, 0.05) is 19.6 Å². The van der Waals surface area contributed by atoms with Crippen molar-refractivity contribution in [1.82, 2.24) is 10.2 Å². The molecule has 138 valence electrons. The number of nitrogens with zero attached hydrogens (tertiary/aromatic N) is 1. The number of carbonyl (C=O) groups excluding carboxylic acids is 1. The van der Waals surface area contributed by atoms with Crippen LogP contribution in [0.1, 0.15) is 35.4 Å². The van der Waals surface area contributed by atoms with Crippen molar-refractivity contribution in [2.75, 3.05) is 13.1 Å². The number of benzene rings is 2. The molecule has 1 fully saturated rings. The van der Waals surface area contributed by atoms with Gasteiger partial charge in [-0.2, -0.15) is 13.2 Å². The van der Waals surface area contributed by atoms with Gasteiger partial charge in [-0.25, -0.2) is 4.79 Å². The largest absolute Gasteiger partial charge is 0.416 e. The molecule has 0 spiro atoms. The number of piperidine rings is 1. The van der Waals surface area contributed by atoms with Crippen LogP contribution in [0.25, 0.3) is 0 Å². The first-order valence-electron chi connectivity index (χ1n) is 8.67. The highest BCUT2D eigenvalue weighted by Crippen LogP contribution is 2.29. The molecule has 0 aromatic heterocycles. The normalized spacial score (nSPS) is 15.7. The molecule has 2 amide bonds. The van der Waals surface area contributed by atoms with Crippen LogP contribution in [0.2, 0.25) is 0 Å². The number of nitrogens with one attached hydrogen (secondary N) is 1. The van der Waals surface area contributed by atoms with Gasteiger partial charge in [-0.1, -0.05) is 42.5 Å². The lowest BCUT2D eigenvalue weighted by atomic mass is 9.90. The van der Waals surface area contributed by atoms with Gasteiger partial charge in [-0.05, 0) is 42.0 Å². The van der Waals surface area contributed by atoms with Crippen LogP contribution in [0.4, 0.5) is 18.0 Å². The van der Waals surface area contributed by atoms with Crippen molar-refractivity contribution in [1.29, 1.82) is 0 Å². The van der Waals surface area contributed by atoms with E-state index in [1.165, 1.54) is 17.7 Å². The summed E-state index contributed by atoms with van der Waals surface area (Å²) in [6.07, 6.45) is -2.51. The molecular weight excluding hydrogens is 341 g/mol. The standard InChI is InChI=1S/C20H21F3N2O/c21-20(22,23)18-8-6-15(7-9-18)14-24-19(26)25-12-10-17(11-13-25)16-4-2-1-3-5-16/h1-9,17H,10-14H2,(H,24,26). The molecule has 1 N–H and O–H groups in total. The van der Waals surface area contributed by atoms with Crippen molar-refractivity contribution in [3.8, 4) is 0 Å². The number of alkyl halides is 3. The fraction of sp³-hybridized carbons (Fsp3) is 0.350. The van der Waals surface area contributed by atoms with E-state index in [0.717, 1.165) is 25.0 Å². The van der Waals surface area contributed by atoms with Gasteiger partial charge in [-0.15, -0.1) is 0 Å². The molecule has 2 aromatic rings. The third-order valence-electron chi connectivity index (χ3n) is 4.78. The number of rotatable bonds is 3. The van der Waals surface area contributed by atoms with Crippen LogP contribution < -0.4 is 5.32 Å². The highest BCUT2D eigenvalue weighted by Gasteiger charge is 2.30. The molecule has 0 saturated carbocycles. The van der Waals surface area contributed by atoms with Crippen LogP contribution >= 0.6 is 0 Å². The minimum absolute atomic E-state index is 0.170. The summed E-state index contributed by atoms with van der Waals surface area (Å²) in [5.41, 5.74) is 1.26. The maximum atomic E-state index is 12.6. The quantitative estimate of drug-likeness (QED) is 0.836. The van der Waals surface area contributed by atoms with E-state index in [0.29, 0.717) is 24.6 Å². The Morgan fingerprint density at radius 3 is 2.19 bits per heavy atom. The number of likely N-dealkylation sites (tertiary alicyclic amines) is 1. The van der Waals surface area contributed by atoms with Gasteiger partial charge >= 0.3 is 12.2 Å². The van der Waals surface area contributed by atoms with Gasteiger partial charge in [0.05, 0.1) is 5.56 Å². The molecule has 0 unspecified atom stereocenters. The molecule has 26 heavy (non-hydrogen) atoms. The molecule has 1 aliphatic rings. The van der Waals surface area contributed by atoms with Crippen molar-refractivity contribution >= 4 is 6.03 Å². The summed E-state index contributed by atoms with van der Waals surface area (Å²) in [5, 5.41) is 2.79. The summed E-state index contributed by atoms with van der Waals surface area (Å²) < 4.78 is 37.7. The highest BCUT2D eigenvalue weighted by atomic mass is 19.4. The second kappa shape index (κ2) is 7.81. The molecule has 0 aliphatic carbocycles. The van der Waals surface area contributed by atoms with Crippen molar-refractivity contribution in [3.05, 3.63) is 71.3 Å². The smallest absolute Gasteiger partial charge is 0.334 e. The molecule has 1 aliphatic heterocycles. The molecular formula is C20H21F3N2O. The van der Waals surface area contributed by atoms with Crippen LogP contribution in [-0.4, -0.2) is 24.0 Å². The Labute approximate surface area is 150 Å². The van der Waals surface area contributed by atoms with Crippen molar-refractivity contribution in [2.24, 2.45) is 0 Å². The van der Waals surface area contributed by atoms with E-state index in [1.807, 2.05) is 18.2 Å². The minimum Gasteiger partial charge on any atom is -0.334 e. The van der Waals surface area contributed by atoms with E-state index in [2.05, 4.69) is 17.4 Å². The van der Waals surface area contributed by atoms with Crippen LogP contribution in [0.5, 0.6) is 0 Å². The van der Waals surface area contributed by atoms with Gasteiger partial charge in [0.1, 0.15) is 0 Å². The lowest BCUT2D eigenvalue weighted by Crippen LogP contribution is -2.43. The first-order chi connectivity index (χ1) is 12.4. The number of halogens is 3. The van der Waals surface area contributed by atoms with E-state index in [1.54, 1.807) is 4.90 Å². The number of urea groups is 1. The predicted molar refractivity (Wildman–Crippen MR) is 93.7 cm³/mol. The molecule has 2 aromatic carbocycles. The summed E-state index contributed by atoms with van der Waals surface area (Å²) >= 11 is 0. The molecule has 6 heteroatoms. The molecule has 1 heterocycles. The third-order valence-corrected chi connectivity index (χ3v) is 4.78. The fourth-order valence-electron chi connectivity index (χ4n) is 3.24.